The molecule has 0 aliphatic heterocycles. The number of alkyl halides is 1. The van der Waals surface area contributed by atoms with E-state index in [-0.39, 0.29) is 4.32 Å². The summed E-state index contributed by atoms with van der Waals surface area (Å²) in [6, 6.07) is 0. The molecule has 2 bridgehead atoms. The highest BCUT2D eigenvalue weighted by molar-refractivity contribution is 9.10. The maximum atomic E-state index is 11.3. The number of fused-ring (bicyclic) bond motifs is 2. The van der Waals surface area contributed by atoms with Gasteiger partial charge in [0.25, 0.3) is 0 Å². The number of carbonyl (C=O) groups excluding carboxylic acids is 1. The van der Waals surface area contributed by atoms with Gasteiger partial charge in [0, 0.05) is 17.2 Å². The van der Waals surface area contributed by atoms with Gasteiger partial charge in [-0.15, -0.1) is 0 Å². The number of hydrogen-bond donors (Lipinski definition) is 0. The van der Waals surface area contributed by atoms with Crippen LogP contribution < -0.4 is 0 Å². The Morgan fingerprint density at radius 1 is 1.55 bits per heavy atom. The molecule has 2 saturated carbocycles. The molecule has 0 radical (unpaired) electrons. The summed E-state index contributed by atoms with van der Waals surface area (Å²) in [4.78, 5) is 11.3. The van der Waals surface area contributed by atoms with Crippen molar-refractivity contribution in [2.75, 3.05) is 0 Å². The van der Waals surface area contributed by atoms with E-state index < -0.39 is 0 Å². The highest BCUT2D eigenvalue weighted by Gasteiger charge is 2.40. The molecule has 2 atom stereocenters. The van der Waals surface area contributed by atoms with Crippen LogP contribution in [0, 0.1) is 5.92 Å². The zero-order valence-electron chi connectivity index (χ0n) is 6.61. The van der Waals surface area contributed by atoms with E-state index in [1.165, 1.54) is 25.7 Å². The topological polar surface area (TPSA) is 17.1 Å². The van der Waals surface area contributed by atoms with E-state index in [4.69, 9.17) is 0 Å². The molecular weight excluding hydrogens is 204 g/mol. The summed E-state index contributed by atoms with van der Waals surface area (Å²) in [5.41, 5.74) is 0. The standard InChI is InChI=1S/C9H13BrO/c10-9-3-1-2-7(5-9)4-8(11)6-9/h7H,1-6H2/t7-,9-/m1/s1. The van der Waals surface area contributed by atoms with Gasteiger partial charge in [0.2, 0.25) is 0 Å². The lowest BCUT2D eigenvalue weighted by atomic mass is 9.72. The van der Waals surface area contributed by atoms with Crippen molar-refractivity contribution in [3.63, 3.8) is 0 Å². The molecule has 0 aromatic carbocycles. The second kappa shape index (κ2) is 2.58. The molecule has 0 spiro atoms. The van der Waals surface area contributed by atoms with E-state index in [1.54, 1.807) is 0 Å². The molecule has 0 aromatic heterocycles. The smallest absolute Gasteiger partial charge is 0.134 e. The summed E-state index contributed by atoms with van der Waals surface area (Å²) in [7, 11) is 0. The van der Waals surface area contributed by atoms with Crippen LogP contribution in [0.5, 0.6) is 0 Å². The third-order valence-electron chi connectivity index (χ3n) is 2.92. The van der Waals surface area contributed by atoms with Gasteiger partial charge in [-0.25, -0.2) is 0 Å². The largest absolute Gasteiger partial charge is 0.300 e. The first-order chi connectivity index (χ1) is 5.18. The number of halogens is 1. The molecular formula is C9H13BrO. The number of Topliss-reactive ketones (excluding diaryl/α,β-unsaturated/α-hetero) is 1. The summed E-state index contributed by atoms with van der Waals surface area (Å²) >= 11 is 3.71. The van der Waals surface area contributed by atoms with Gasteiger partial charge in [-0.1, -0.05) is 22.4 Å². The van der Waals surface area contributed by atoms with Crippen LogP contribution in [0.15, 0.2) is 0 Å². The molecule has 0 amide bonds. The van der Waals surface area contributed by atoms with Gasteiger partial charge in [0.05, 0.1) is 0 Å². The van der Waals surface area contributed by atoms with Crippen molar-refractivity contribution in [2.24, 2.45) is 5.92 Å². The molecule has 0 saturated heterocycles. The first kappa shape index (κ1) is 7.78. The Morgan fingerprint density at radius 3 is 3.09 bits per heavy atom. The maximum absolute atomic E-state index is 11.3. The Balaban J connectivity index is 2.15. The second-order valence-corrected chi connectivity index (χ2v) is 5.72. The second-order valence-electron chi connectivity index (χ2n) is 4.03. The van der Waals surface area contributed by atoms with Gasteiger partial charge in [-0.2, -0.15) is 0 Å². The minimum Gasteiger partial charge on any atom is -0.300 e. The van der Waals surface area contributed by atoms with Gasteiger partial charge in [0.1, 0.15) is 5.78 Å². The van der Waals surface area contributed by atoms with Crippen LogP contribution in [0.25, 0.3) is 0 Å². The normalized spacial score (nSPS) is 44.1. The third-order valence-corrected chi connectivity index (χ3v) is 3.92. The first-order valence-electron chi connectivity index (χ1n) is 4.39. The van der Waals surface area contributed by atoms with Crippen LogP contribution in [-0.2, 0) is 4.79 Å². The van der Waals surface area contributed by atoms with Gasteiger partial charge >= 0.3 is 0 Å². The molecule has 1 nitrogen and oxygen atoms in total. The zero-order valence-corrected chi connectivity index (χ0v) is 8.19. The number of hydrogen-bond acceptors (Lipinski definition) is 1. The predicted molar refractivity (Wildman–Crippen MR) is 47.9 cm³/mol. The van der Waals surface area contributed by atoms with Crippen LogP contribution in [-0.4, -0.2) is 10.1 Å². The summed E-state index contributed by atoms with van der Waals surface area (Å²) in [6.07, 6.45) is 6.66. The van der Waals surface area contributed by atoms with E-state index in [1.807, 2.05) is 0 Å². The predicted octanol–water partition coefficient (Wildman–Crippen LogP) is 2.67. The highest BCUT2D eigenvalue weighted by Crippen LogP contribution is 2.46. The molecule has 2 rings (SSSR count). The van der Waals surface area contributed by atoms with Crippen LogP contribution in [0.2, 0.25) is 0 Å². The summed E-state index contributed by atoms with van der Waals surface area (Å²) < 4.78 is 0.214. The van der Waals surface area contributed by atoms with Gasteiger partial charge in [-0.05, 0) is 25.2 Å². The minimum atomic E-state index is 0.214. The van der Waals surface area contributed by atoms with E-state index in [9.17, 15) is 4.79 Å². The molecule has 2 aliphatic rings. The molecule has 2 aliphatic carbocycles. The first-order valence-corrected chi connectivity index (χ1v) is 5.18. The Labute approximate surface area is 75.7 Å². The van der Waals surface area contributed by atoms with E-state index in [2.05, 4.69) is 15.9 Å². The molecule has 2 heteroatoms. The van der Waals surface area contributed by atoms with Gasteiger partial charge in [-0.3, -0.25) is 4.79 Å². The lowest BCUT2D eigenvalue weighted by Crippen LogP contribution is -2.37. The number of carbonyl (C=O) groups is 1. The molecule has 0 N–H and O–H groups in total. The van der Waals surface area contributed by atoms with Crippen LogP contribution in [0.1, 0.15) is 38.5 Å². The van der Waals surface area contributed by atoms with Crippen molar-refractivity contribution in [3.05, 3.63) is 0 Å². The van der Waals surface area contributed by atoms with Gasteiger partial charge in [0.15, 0.2) is 0 Å². The lowest BCUT2D eigenvalue weighted by molar-refractivity contribution is -0.123. The van der Waals surface area contributed by atoms with E-state index >= 15 is 0 Å². The molecule has 2 fully saturated rings. The monoisotopic (exact) mass is 216 g/mol. The molecule has 62 valence electrons. The van der Waals surface area contributed by atoms with Gasteiger partial charge < -0.3 is 0 Å². The fourth-order valence-corrected chi connectivity index (χ4v) is 3.56. The Kier molecular flexibility index (Phi) is 1.82. The lowest BCUT2D eigenvalue weighted by Gasteiger charge is -2.40. The quantitative estimate of drug-likeness (QED) is 0.570. The fraction of sp³-hybridized carbons (Fsp3) is 0.889. The van der Waals surface area contributed by atoms with Crippen LogP contribution >= 0.6 is 15.9 Å². The van der Waals surface area contributed by atoms with Crippen molar-refractivity contribution >= 4 is 21.7 Å². The Bertz CT molecular complexity index is 190. The van der Waals surface area contributed by atoms with Crippen molar-refractivity contribution in [3.8, 4) is 0 Å². The zero-order chi connectivity index (χ0) is 7.90. The molecule has 0 unspecified atom stereocenters. The summed E-state index contributed by atoms with van der Waals surface area (Å²) in [5.74, 6) is 1.17. The fourth-order valence-electron chi connectivity index (χ4n) is 2.51. The summed E-state index contributed by atoms with van der Waals surface area (Å²) in [5, 5.41) is 0. The van der Waals surface area contributed by atoms with Crippen molar-refractivity contribution in [1.29, 1.82) is 0 Å². The minimum absolute atomic E-state index is 0.214. The summed E-state index contributed by atoms with van der Waals surface area (Å²) in [6.45, 7) is 0. The Morgan fingerprint density at radius 2 is 2.36 bits per heavy atom. The Hall–Kier alpha value is 0.150. The van der Waals surface area contributed by atoms with Crippen molar-refractivity contribution < 1.29 is 4.79 Å². The van der Waals surface area contributed by atoms with E-state index in [0.717, 1.165) is 12.8 Å². The van der Waals surface area contributed by atoms with Crippen molar-refractivity contribution in [2.45, 2.75) is 42.8 Å². The average molecular weight is 217 g/mol. The average Bonchev–Trinajstić information content (AvgIpc) is 1.82. The number of rotatable bonds is 0. The SMILES string of the molecule is O=C1C[C@H]2CCC[C@](Br)(C1)C2. The molecule has 0 heterocycles. The molecule has 0 aromatic rings. The maximum Gasteiger partial charge on any atom is 0.134 e. The van der Waals surface area contributed by atoms with E-state index in [0.29, 0.717) is 11.7 Å². The van der Waals surface area contributed by atoms with Crippen LogP contribution in [0.4, 0.5) is 0 Å². The van der Waals surface area contributed by atoms with Crippen molar-refractivity contribution in [1.82, 2.24) is 0 Å². The molecule has 11 heavy (non-hydrogen) atoms. The number of ketones is 1. The van der Waals surface area contributed by atoms with Crippen LogP contribution in [0.3, 0.4) is 0 Å². The third kappa shape index (κ3) is 1.51. The highest BCUT2D eigenvalue weighted by atomic mass is 79.9.